The molecule has 46 heavy (non-hydrogen) atoms. The zero-order chi connectivity index (χ0) is 35.3. The van der Waals surface area contributed by atoms with Gasteiger partial charge in [-0.05, 0) is 0 Å². The first-order valence-electron chi connectivity index (χ1n) is 19.4. The molecule has 1 heterocycles. The van der Waals surface area contributed by atoms with Crippen LogP contribution in [0, 0.1) is 0 Å². The van der Waals surface area contributed by atoms with Crippen molar-refractivity contribution in [3.63, 3.8) is 0 Å². The molecule has 0 unspecified atom stereocenters. The Bertz CT molecular complexity index is 795. The van der Waals surface area contributed by atoms with E-state index in [2.05, 4.69) is 110 Å². The van der Waals surface area contributed by atoms with Gasteiger partial charge >= 0.3 is 296 Å². The van der Waals surface area contributed by atoms with E-state index < -0.39 is 35.0 Å². The van der Waals surface area contributed by atoms with E-state index in [0.717, 1.165) is 0 Å². The molecule has 0 radical (unpaired) electrons. The normalized spacial score (nSPS) is 20.1. The van der Waals surface area contributed by atoms with Crippen LogP contribution in [0.5, 0.6) is 0 Å². The van der Waals surface area contributed by atoms with Crippen LogP contribution in [-0.2, 0) is 23.1 Å². The van der Waals surface area contributed by atoms with Gasteiger partial charge in [0.2, 0.25) is 0 Å². The second-order valence-electron chi connectivity index (χ2n) is 16.3. The molecule has 3 atom stereocenters. The molecule has 0 fully saturated rings. The summed E-state index contributed by atoms with van der Waals surface area (Å²) in [6, 6.07) is 0. The van der Waals surface area contributed by atoms with Gasteiger partial charge < -0.3 is 0 Å². The van der Waals surface area contributed by atoms with E-state index in [1.54, 1.807) is 7.11 Å². The SMILES string of the molecule is CCC[CH2][Sn]([CH2]CCC)([CH2]CCC)[C]1=C[C@@H](O[Si](C(C)C)(C(C)C)C(C)C)[C@@H](OCOC)[C@@H](CO[Si](C(C)C)(C(C)C)C(C)C)O1. The second kappa shape index (κ2) is 21.1. The van der Waals surface area contributed by atoms with Gasteiger partial charge in [0.15, 0.2) is 0 Å². The monoisotopic (exact) mass is 792 g/mol. The minimum absolute atomic E-state index is 0.152. The molecule has 0 saturated heterocycles. The molecule has 8 heteroatoms. The van der Waals surface area contributed by atoms with Gasteiger partial charge in [0.25, 0.3) is 0 Å². The predicted octanol–water partition coefficient (Wildman–Crippen LogP) is 12.4. The molecule has 0 amide bonds. The molecule has 0 spiro atoms. The topological polar surface area (TPSA) is 46.2 Å². The van der Waals surface area contributed by atoms with Crippen molar-refractivity contribution >= 4 is 35.0 Å². The Morgan fingerprint density at radius 3 is 1.43 bits per heavy atom. The van der Waals surface area contributed by atoms with E-state index in [1.807, 2.05) is 0 Å². The van der Waals surface area contributed by atoms with Crippen molar-refractivity contribution in [2.24, 2.45) is 0 Å². The van der Waals surface area contributed by atoms with Crippen LogP contribution in [0.1, 0.15) is 142 Å². The van der Waals surface area contributed by atoms with E-state index >= 15 is 0 Å². The fourth-order valence-corrected chi connectivity index (χ4v) is 35.9. The molecule has 0 aromatic heterocycles. The summed E-state index contributed by atoms with van der Waals surface area (Å²) in [5.74, 6) is 0. The van der Waals surface area contributed by atoms with Crippen molar-refractivity contribution in [1.29, 1.82) is 0 Å². The van der Waals surface area contributed by atoms with Crippen molar-refractivity contribution in [1.82, 2.24) is 0 Å². The summed E-state index contributed by atoms with van der Waals surface area (Å²) >= 11 is -2.96. The molecule has 5 nitrogen and oxygen atoms in total. The first-order chi connectivity index (χ1) is 21.6. The van der Waals surface area contributed by atoms with E-state index in [4.69, 9.17) is 23.1 Å². The molecule has 0 aliphatic carbocycles. The maximum absolute atomic E-state index is 7.71. The number of methoxy groups -OCH3 is 1. The molecule has 0 aromatic carbocycles. The van der Waals surface area contributed by atoms with Gasteiger partial charge in [-0.2, -0.15) is 0 Å². The maximum atomic E-state index is 7.71. The van der Waals surface area contributed by atoms with Crippen molar-refractivity contribution in [2.75, 3.05) is 20.5 Å². The van der Waals surface area contributed by atoms with Gasteiger partial charge in [-0.25, -0.2) is 0 Å². The summed E-state index contributed by atoms with van der Waals surface area (Å²) in [5, 5.41) is 0. The van der Waals surface area contributed by atoms with Crippen molar-refractivity contribution in [2.45, 2.75) is 207 Å². The molecule has 0 N–H and O–H groups in total. The number of unbranched alkanes of at least 4 members (excludes halogenated alkanes) is 3. The molecule has 0 bridgehead atoms. The summed E-state index contributed by atoms with van der Waals surface area (Å²) in [6.07, 6.45) is 9.48. The molecule has 1 aliphatic rings. The van der Waals surface area contributed by atoms with Crippen LogP contribution in [0.25, 0.3) is 0 Å². The Labute approximate surface area is 294 Å². The third-order valence-corrected chi connectivity index (χ3v) is 38.7. The first-order valence-corrected chi connectivity index (χ1v) is 31.1. The van der Waals surface area contributed by atoms with Crippen molar-refractivity contribution < 1.29 is 23.1 Å². The fraction of sp³-hybridized carbons (Fsp3) is 0.947. The summed E-state index contributed by atoms with van der Waals surface area (Å²) in [5.41, 5.74) is 2.99. The number of hydrogen-bond acceptors (Lipinski definition) is 5. The van der Waals surface area contributed by atoms with Crippen molar-refractivity contribution in [3.8, 4) is 0 Å². The fourth-order valence-electron chi connectivity index (χ4n) is 9.27. The van der Waals surface area contributed by atoms with Gasteiger partial charge in [-0.15, -0.1) is 0 Å². The average molecular weight is 792 g/mol. The third-order valence-electron chi connectivity index (χ3n) is 11.5. The Balaban J connectivity index is 4.00. The Hall–Kier alpha value is 0.612. The van der Waals surface area contributed by atoms with Gasteiger partial charge in [-0.1, -0.05) is 0 Å². The molecule has 1 rings (SSSR count). The van der Waals surface area contributed by atoms with E-state index in [0.29, 0.717) is 39.9 Å². The van der Waals surface area contributed by atoms with Crippen LogP contribution in [-0.4, -0.2) is 73.8 Å². The zero-order valence-electron chi connectivity index (χ0n) is 33.6. The van der Waals surface area contributed by atoms with E-state index in [-0.39, 0.29) is 25.1 Å². The minimum atomic E-state index is -2.96. The molecule has 0 saturated carbocycles. The quantitative estimate of drug-likeness (QED) is 0.0720. The van der Waals surface area contributed by atoms with E-state index in [9.17, 15) is 0 Å². The summed E-state index contributed by atoms with van der Waals surface area (Å²) < 4.78 is 40.1. The molecular formula is C38H80O5Si2Sn. The third kappa shape index (κ3) is 10.8. The Morgan fingerprint density at radius 2 is 1.09 bits per heavy atom. The zero-order valence-corrected chi connectivity index (χ0v) is 38.4. The number of ether oxygens (including phenoxy) is 3. The summed E-state index contributed by atoms with van der Waals surface area (Å²) in [4.78, 5) is 0. The summed E-state index contributed by atoms with van der Waals surface area (Å²) in [7, 11) is -2.64. The molecule has 274 valence electrons. The van der Waals surface area contributed by atoms with Gasteiger partial charge in [0.05, 0.1) is 0 Å². The van der Waals surface area contributed by atoms with Gasteiger partial charge in [0, 0.05) is 0 Å². The van der Waals surface area contributed by atoms with Crippen LogP contribution in [0.2, 0.25) is 46.6 Å². The van der Waals surface area contributed by atoms with Crippen molar-refractivity contribution in [3.05, 3.63) is 9.85 Å². The number of hydrogen-bond donors (Lipinski definition) is 0. The van der Waals surface area contributed by atoms with Crippen LogP contribution in [0.15, 0.2) is 9.85 Å². The van der Waals surface area contributed by atoms with Gasteiger partial charge in [0.1, 0.15) is 0 Å². The molecular weight excluding hydrogens is 711 g/mol. The van der Waals surface area contributed by atoms with Crippen LogP contribution in [0.3, 0.4) is 0 Å². The molecule has 0 aromatic rings. The molecule has 1 aliphatic heterocycles. The Kier molecular flexibility index (Phi) is 20.5. The predicted molar refractivity (Wildman–Crippen MR) is 208 cm³/mol. The first kappa shape index (κ1) is 44.6. The average Bonchev–Trinajstić information content (AvgIpc) is 2.98. The van der Waals surface area contributed by atoms with Gasteiger partial charge in [-0.3, -0.25) is 0 Å². The second-order valence-corrected chi connectivity index (χ2v) is 40.2. The Morgan fingerprint density at radius 1 is 0.674 bits per heavy atom. The van der Waals surface area contributed by atoms with Crippen LogP contribution >= 0.6 is 0 Å². The van der Waals surface area contributed by atoms with Crippen LogP contribution < -0.4 is 0 Å². The number of rotatable bonds is 24. The summed E-state index contributed by atoms with van der Waals surface area (Å²) in [6.45, 7) is 36.4. The van der Waals surface area contributed by atoms with E-state index in [1.165, 1.54) is 55.6 Å². The van der Waals surface area contributed by atoms with Crippen LogP contribution in [0.4, 0.5) is 0 Å². The standard InChI is InChI=1S/C26H53O5Si2.3C4H9.Sn/c1-18(2)32(19(3)4,20(5)6)30-16-25-26(29-17-27-13)24(14-15-28-25)31-33(21(7)8,22(9)10)23(11)12;3*1-3-4-2;/h14,18-26H,16-17H2,1-13H3;3*1,3-4H2,2H3;/t24-,25-,26-;;;;/m1..../s1.